The molecule has 1 N–H and O–H groups in total. The van der Waals surface area contributed by atoms with Crippen LogP contribution in [0.2, 0.25) is 0 Å². The molecule has 0 aliphatic heterocycles. The van der Waals surface area contributed by atoms with E-state index in [-0.39, 0.29) is 5.56 Å². The second-order valence-corrected chi connectivity index (χ2v) is 7.38. The van der Waals surface area contributed by atoms with Crippen LogP contribution in [0.15, 0.2) is 60.8 Å². The molecule has 8 heteroatoms. The number of carbonyl (C=O) groups excluding carboxylic acids is 1. The normalized spacial score (nSPS) is 11.6. The summed E-state index contributed by atoms with van der Waals surface area (Å²) in [5.41, 5.74) is 2.48. The van der Waals surface area contributed by atoms with Crippen molar-refractivity contribution >= 4 is 33.3 Å². The third kappa shape index (κ3) is 3.97. The smallest absolute Gasteiger partial charge is 0.322 e. The largest absolute Gasteiger partial charge is 0.416 e. The third-order valence-electron chi connectivity index (χ3n) is 4.36. The SMILES string of the molecule is Cc1cc(-c2nc3cccnc3s2)ccc1NC(=O)c1ccc(C(F)(F)F)cc1. The van der Waals surface area contributed by atoms with Gasteiger partial charge in [-0.25, -0.2) is 9.97 Å². The number of aryl methyl sites for hydroxylation is 1. The minimum absolute atomic E-state index is 0.152. The second kappa shape index (κ2) is 7.29. The third-order valence-corrected chi connectivity index (χ3v) is 5.39. The lowest BCUT2D eigenvalue weighted by atomic mass is 10.1. The van der Waals surface area contributed by atoms with Gasteiger partial charge in [0.25, 0.3) is 5.91 Å². The number of hydrogen-bond donors (Lipinski definition) is 1. The number of carbonyl (C=O) groups is 1. The lowest BCUT2D eigenvalue weighted by Crippen LogP contribution is -2.13. The van der Waals surface area contributed by atoms with Gasteiger partial charge in [0.05, 0.1) is 5.56 Å². The Morgan fingerprint density at radius 3 is 2.48 bits per heavy atom. The topological polar surface area (TPSA) is 54.9 Å². The van der Waals surface area contributed by atoms with Gasteiger partial charge in [0.15, 0.2) is 0 Å². The number of alkyl halides is 3. The van der Waals surface area contributed by atoms with Gasteiger partial charge in [-0.15, -0.1) is 0 Å². The highest BCUT2D eigenvalue weighted by molar-refractivity contribution is 7.21. The summed E-state index contributed by atoms with van der Waals surface area (Å²) in [6.45, 7) is 1.84. The molecule has 2 heterocycles. The first-order valence-electron chi connectivity index (χ1n) is 8.62. The lowest BCUT2D eigenvalue weighted by molar-refractivity contribution is -0.137. The van der Waals surface area contributed by atoms with Crippen LogP contribution >= 0.6 is 11.3 Å². The molecule has 0 radical (unpaired) electrons. The molecule has 146 valence electrons. The van der Waals surface area contributed by atoms with E-state index in [4.69, 9.17) is 0 Å². The molecule has 1 amide bonds. The molecule has 2 aromatic carbocycles. The average molecular weight is 413 g/mol. The van der Waals surface area contributed by atoms with E-state index in [1.165, 1.54) is 11.3 Å². The van der Waals surface area contributed by atoms with Gasteiger partial charge in [-0.3, -0.25) is 4.79 Å². The summed E-state index contributed by atoms with van der Waals surface area (Å²) in [5, 5.41) is 3.56. The fourth-order valence-corrected chi connectivity index (χ4v) is 3.74. The van der Waals surface area contributed by atoms with Crippen LogP contribution in [0.1, 0.15) is 21.5 Å². The fourth-order valence-electron chi connectivity index (χ4n) is 2.84. The Kier molecular flexibility index (Phi) is 4.79. The Bertz CT molecular complexity index is 1170. The van der Waals surface area contributed by atoms with Gasteiger partial charge >= 0.3 is 6.18 Å². The first-order chi connectivity index (χ1) is 13.8. The number of rotatable bonds is 3. The van der Waals surface area contributed by atoms with Crippen LogP contribution < -0.4 is 5.32 Å². The number of thiazole rings is 1. The molecule has 0 spiro atoms. The number of nitrogens with one attached hydrogen (secondary N) is 1. The number of nitrogens with zero attached hydrogens (tertiary/aromatic N) is 2. The standard InChI is InChI=1S/C21H14F3N3OS/c1-12-11-14(19-27-17-3-2-10-25-20(17)29-19)6-9-16(12)26-18(28)13-4-7-15(8-5-13)21(22,23)24/h2-11H,1H3,(H,26,28). The number of benzene rings is 2. The van der Waals surface area contributed by atoms with E-state index in [2.05, 4.69) is 15.3 Å². The van der Waals surface area contributed by atoms with Crippen LogP contribution in [0.5, 0.6) is 0 Å². The number of halogens is 3. The summed E-state index contributed by atoms with van der Waals surface area (Å²) in [6, 6.07) is 13.3. The second-order valence-electron chi connectivity index (χ2n) is 6.41. The van der Waals surface area contributed by atoms with Crippen molar-refractivity contribution < 1.29 is 18.0 Å². The van der Waals surface area contributed by atoms with Gasteiger partial charge in [-0.05, 0) is 67.1 Å². The molecule has 4 rings (SSSR count). The molecule has 0 saturated carbocycles. The predicted molar refractivity (Wildman–Crippen MR) is 107 cm³/mol. The van der Waals surface area contributed by atoms with E-state index < -0.39 is 17.6 Å². The van der Waals surface area contributed by atoms with Crippen molar-refractivity contribution in [2.75, 3.05) is 5.32 Å². The Morgan fingerprint density at radius 1 is 1.07 bits per heavy atom. The molecule has 0 unspecified atom stereocenters. The highest BCUT2D eigenvalue weighted by atomic mass is 32.1. The quantitative estimate of drug-likeness (QED) is 0.452. The maximum Gasteiger partial charge on any atom is 0.416 e. The number of hydrogen-bond acceptors (Lipinski definition) is 4. The van der Waals surface area contributed by atoms with E-state index in [9.17, 15) is 18.0 Å². The minimum atomic E-state index is -4.43. The van der Waals surface area contributed by atoms with Gasteiger partial charge in [-0.1, -0.05) is 11.3 Å². The van der Waals surface area contributed by atoms with E-state index in [0.29, 0.717) is 5.69 Å². The Morgan fingerprint density at radius 2 is 1.83 bits per heavy atom. The summed E-state index contributed by atoms with van der Waals surface area (Å²) in [7, 11) is 0. The van der Waals surface area contributed by atoms with E-state index >= 15 is 0 Å². The van der Waals surface area contributed by atoms with Crippen molar-refractivity contribution in [3.05, 3.63) is 77.5 Å². The van der Waals surface area contributed by atoms with Crippen molar-refractivity contribution in [3.8, 4) is 10.6 Å². The number of aromatic nitrogens is 2. The van der Waals surface area contributed by atoms with Crippen molar-refractivity contribution in [1.82, 2.24) is 9.97 Å². The summed E-state index contributed by atoms with van der Waals surface area (Å²) in [4.78, 5) is 22.1. The molecule has 0 aliphatic carbocycles. The molecule has 0 atom stereocenters. The van der Waals surface area contributed by atoms with Crippen LogP contribution in [0.3, 0.4) is 0 Å². The average Bonchev–Trinajstić information content (AvgIpc) is 3.13. The zero-order valence-electron chi connectivity index (χ0n) is 15.1. The number of pyridine rings is 1. The molecule has 4 nitrogen and oxygen atoms in total. The summed E-state index contributed by atoms with van der Waals surface area (Å²) < 4.78 is 38.0. The summed E-state index contributed by atoms with van der Waals surface area (Å²) >= 11 is 1.48. The Balaban J connectivity index is 1.54. The fraction of sp³-hybridized carbons (Fsp3) is 0.0952. The zero-order chi connectivity index (χ0) is 20.6. The molecule has 2 aromatic heterocycles. The maximum absolute atomic E-state index is 12.7. The summed E-state index contributed by atoms with van der Waals surface area (Å²) in [5.74, 6) is -0.473. The minimum Gasteiger partial charge on any atom is -0.322 e. The predicted octanol–water partition coefficient (Wildman–Crippen LogP) is 5.94. The molecule has 29 heavy (non-hydrogen) atoms. The molecular weight excluding hydrogens is 399 g/mol. The van der Waals surface area contributed by atoms with Crippen molar-refractivity contribution in [1.29, 1.82) is 0 Å². The lowest BCUT2D eigenvalue weighted by Gasteiger charge is -2.11. The van der Waals surface area contributed by atoms with Gasteiger partial charge in [0.1, 0.15) is 15.4 Å². The van der Waals surface area contributed by atoms with Gasteiger partial charge in [0, 0.05) is 23.0 Å². The number of anilines is 1. The highest BCUT2D eigenvalue weighted by Crippen LogP contribution is 2.32. The van der Waals surface area contributed by atoms with Crippen molar-refractivity contribution in [2.45, 2.75) is 13.1 Å². The first-order valence-corrected chi connectivity index (χ1v) is 9.44. The van der Waals surface area contributed by atoms with E-state index in [1.54, 1.807) is 12.3 Å². The van der Waals surface area contributed by atoms with Crippen LogP contribution in [-0.4, -0.2) is 15.9 Å². The zero-order valence-corrected chi connectivity index (χ0v) is 15.9. The Hall–Kier alpha value is -3.26. The van der Waals surface area contributed by atoms with E-state index in [0.717, 1.165) is 50.7 Å². The first kappa shape index (κ1) is 19.1. The van der Waals surface area contributed by atoms with E-state index in [1.807, 2.05) is 31.2 Å². The molecular formula is C21H14F3N3OS. The monoisotopic (exact) mass is 413 g/mol. The summed E-state index contributed by atoms with van der Waals surface area (Å²) in [6.07, 6.45) is -2.72. The maximum atomic E-state index is 12.7. The highest BCUT2D eigenvalue weighted by Gasteiger charge is 2.30. The van der Waals surface area contributed by atoms with Crippen LogP contribution in [0.4, 0.5) is 18.9 Å². The Labute approximate surface area is 168 Å². The molecule has 0 aliphatic rings. The van der Waals surface area contributed by atoms with Crippen LogP contribution in [0.25, 0.3) is 20.9 Å². The van der Waals surface area contributed by atoms with Gasteiger partial charge in [-0.2, -0.15) is 13.2 Å². The molecule has 0 fully saturated rings. The van der Waals surface area contributed by atoms with Crippen LogP contribution in [-0.2, 0) is 6.18 Å². The number of amides is 1. The number of fused-ring (bicyclic) bond motifs is 1. The molecule has 0 bridgehead atoms. The van der Waals surface area contributed by atoms with Gasteiger partial charge < -0.3 is 5.32 Å². The van der Waals surface area contributed by atoms with Crippen molar-refractivity contribution in [3.63, 3.8) is 0 Å². The van der Waals surface area contributed by atoms with Crippen LogP contribution in [0, 0.1) is 6.92 Å². The van der Waals surface area contributed by atoms with Gasteiger partial charge in [0.2, 0.25) is 0 Å². The molecule has 0 saturated heterocycles. The van der Waals surface area contributed by atoms with Crippen molar-refractivity contribution in [2.24, 2.45) is 0 Å². The molecule has 4 aromatic rings.